The Kier molecular flexibility index (Phi) is 6.81. The van der Waals surface area contributed by atoms with Crippen molar-refractivity contribution in [1.82, 2.24) is 19.7 Å². The topological polar surface area (TPSA) is 74.6 Å². The fraction of sp³-hybridized carbons (Fsp3) is 0.370. The zero-order chi connectivity index (χ0) is 25.4. The van der Waals surface area contributed by atoms with Crippen molar-refractivity contribution in [2.45, 2.75) is 19.3 Å². The number of carbonyl (C=O) groups excluding carboxylic acids is 3. The number of aryl methyl sites for hydroxylation is 1. The van der Waals surface area contributed by atoms with Crippen LogP contribution < -0.4 is 5.32 Å². The van der Waals surface area contributed by atoms with Gasteiger partial charge in [0, 0.05) is 44.8 Å². The lowest BCUT2D eigenvalue weighted by molar-refractivity contribution is -0.125. The first kappa shape index (κ1) is 24.5. The molecule has 5 rings (SSSR count). The average molecular weight is 511 g/mol. The fourth-order valence-electron chi connectivity index (χ4n) is 5.15. The van der Waals surface area contributed by atoms with Gasteiger partial charge in [0.25, 0.3) is 17.6 Å². The molecule has 0 atom stereocenters. The lowest BCUT2D eigenvalue weighted by atomic mass is 9.90. The van der Waals surface area contributed by atoms with E-state index in [1.807, 2.05) is 12.1 Å². The molecule has 2 aliphatic heterocycles. The van der Waals surface area contributed by atoms with E-state index in [-0.39, 0.29) is 17.3 Å². The summed E-state index contributed by atoms with van der Waals surface area (Å²) in [5.74, 6) is -1.15. The standard InChI is InChI=1S/C27H28ClFN4O3/c1-31-15-22(25(34)27(36)33-11-8-30-16-33)20-13-21(23(28)14-24(20)31)26(35)32-9-6-18(7-10-32)12-17-2-4-19(29)5-3-17/h2-5,13-15,18,30H,6-12,16H2,1H3. The van der Waals surface area contributed by atoms with E-state index in [1.165, 1.54) is 17.0 Å². The van der Waals surface area contributed by atoms with Gasteiger partial charge in [0.1, 0.15) is 5.82 Å². The molecule has 2 amide bonds. The van der Waals surface area contributed by atoms with Crippen LogP contribution in [0.5, 0.6) is 0 Å². The summed E-state index contributed by atoms with van der Waals surface area (Å²) in [5, 5.41) is 3.91. The Morgan fingerprint density at radius 2 is 1.75 bits per heavy atom. The van der Waals surface area contributed by atoms with Gasteiger partial charge in [-0.2, -0.15) is 0 Å². The number of likely N-dealkylation sites (tertiary alicyclic amines) is 1. The van der Waals surface area contributed by atoms with Crippen molar-refractivity contribution in [3.8, 4) is 0 Å². The van der Waals surface area contributed by atoms with Crippen molar-refractivity contribution < 1.29 is 18.8 Å². The second-order valence-corrected chi connectivity index (χ2v) is 10.0. The zero-order valence-corrected chi connectivity index (χ0v) is 20.9. The van der Waals surface area contributed by atoms with Crippen molar-refractivity contribution in [1.29, 1.82) is 0 Å². The highest BCUT2D eigenvalue weighted by atomic mass is 35.5. The number of benzene rings is 2. The van der Waals surface area contributed by atoms with Crippen molar-refractivity contribution in [3.63, 3.8) is 0 Å². The molecule has 0 aliphatic carbocycles. The summed E-state index contributed by atoms with van der Waals surface area (Å²) >= 11 is 6.53. The van der Waals surface area contributed by atoms with Crippen molar-refractivity contribution in [2.24, 2.45) is 13.0 Å². The molecule has 3 aromatic rings. The highest BCUT2D eigenvalue weighted by Gasteiger charge is 2.30. The summed E-state index contributed by atoms with van der Waals surface area (Å²) in [6.45, 7) is 2.69. The number of nitrogens with zero attached hydrogens (tertiary/aromatic N) is 3. The van der Waals surface area contributed by atoms with E-state index in [4.69, 9.17) is 11.6 Å². The summed E-state index contributed by atoms with van der Waals surface area (Å²) < 4.78 is 14.9. The third kappa shape index (κ3) is 4.75. The van der Waals surface area contributed by atoms with Crippen molar-refractivity contribution in [3.05, 3.63) is 70.1 Å². The third-order valence-corrected chi connectivity index (χ3v) is 7.55. The summed E-state index contributed by atoms with van der Waals surface area (Å²) in [6, 6.07) is 9.91. The van der Waals surface area contributed by atoms with Gasteiger partial charge in [0.2, 0.25) is 0 Å². The molecule has 0 unspecified atom stereocenters. The molecule has 0 spiro atoms. The Morgan fingerprint density at radius 3 is 2.42 bits per heavy atom. The normalized spacial score (nSPS) is 16.6. The molecule has 0 radical (unpaired) electrons. The molecule has 1 N–H and O–H groups in total. The summed E-state index contributed by atoms with van der Waals surface area (Å²) in [5.41, 5.74) is 2.38. The Balaban J connectivity index is 1.33. The summed E-state index contributed by atoms with van der Waals surface area (Å²) in [7, 11) is 1.78. The molecule has 36 heavy (non-hydrogen) atoms. The number of rotatable bonds is 5. The van der Waals surface area contributed by atoms with Gasteiger partial charge in [-0.25, -0.2) is 4.39 Å². The van der Waals surface area contributed by atoms with Gasteiger partial charge in [-0.3, -0.25) is 19.7 Å². The number of halogens is 2. The maximum absolute atomic E-state index is 13.4. The number of hydrogen-bond acceptors (Lipinski definition) is 4. The van der Waals surface area contributed by atoms with Crippen LogP contribution in [0.2, 0.25) is 5.02 Å². The monoisotopic (exact) mass is 510 g/mol. The SMILES string of the molecule is Cn1cc(C(=O)C(=O)N2CCNC2)c2cc(C(=O)N3CCC(Cc4ccc(F)cc4)CC3)c(Cl)cc21. The zero-order valence-electron chi connectivity index (χ0n) is 20.1. The van der Waals surface area contributed by atoms with Gasteiger partial charge in [-0.1, -0.05) is 23.7 Å². The number of piperidine rings is 1. The number of Topliss-reactive ketones (excluding diaryl/α,β-unsaturated/α-hetero) is 1. The molecule has 2 aliphatic rings. The number of ketones is 1. The number of amides is 2. The number of fused-ring (bicyclic) bond motifs is 1. The van der Waals surface area contributed by atoms with Gasteiger partial charge in [-0.05, 0) is 55.0 Å². The van der Waals surface area contributed by atoms with E-state index in [0.29, 0.717) is 60.3 Å². The minimum atomic E-state index is -0.591. The molecule has 2 aromatic carbocycles. The smallest absolute Gasteiger partial charge is 0.296 e. The fourth-order valence-corrected chi connectivity index (χ4v) is 5.39. The van der Waals surface area contributed by atoms with Crippen LogP contribution in [0.3, 0.4) is 0 Å². The molecule has 2 saturated heterocycles. The van der Waals surface area contributed by atoms with E-state index in [1.54, 1.807) is 34.8 Å². The van der Waals surface area contributed by atoms with E-state index in [2.05, 4.69) is 5.32 Å². The molecular formula is C27H28ClFN4O3. The van der Waals surface area contributed by atoms with Crippen molar-refractivity contribution >= 4 is 40.1 Å². The lowest BCUT2D eigenvalue weighted by Crippen LogP contribution is -2.39. The van der Waals surface area contributed by atoms with Crippen LogP contribution >= 0.6 is 11.6 Å². The third-order valence-electron chi connectivity index (χ3n) is 7.24. The van der Waals surface area contributed by atoms with Crippen LogP contribution in [0.15, 0.2) is 42.6 Å². The predicted molar refractivity (Wildman–Crippen MR) is 136 cm³/mol. The lowest BCUT2D eigenvalue weighted by Gasteiger charge is -2.32. The second-order valence-electron chi connectivity index (χ2n) is 9.62. The minimum absolute atomic E-state index is 0.181. The molecule has 7 nitrogen and oxygen atoms in total. The Bertz CT molecular complexity index is 1320. The van der Waals surface area contributed by atoms with E-state index < -0.39 is 11.7 Å². The summed E-state index contributed by atoms with van der Waals surface area (Å²) in [4.78, 5) is 42.5. The van der Waals surface area contributed by atoms with Crippen LogP contribution in [-0.2, 0) is 18.3 Å². The molecule has 0 saturated carbocycles. The second kappa shape index (κ2) is 10.0. The average Bonchev–Trinajstić information content (AvgIpc) is 3.53. The van der Waals surface area contributed by atoms with Gasteiger partial charge < -0.3 is 14.4 Å². The highest BCUT2D eigenvalue weighted by Crippen LogP contribution is 2.31. The Hall–Kier alpha value is -3.23. The van der Waals surface area contributed by atoms with Crippen LogP contribution in [0, 0.1) is 11.7 Å². The van der Waals surface area contributed by atoms with Crippen LogP contribution in [-0.4, -0.2) is 64.8 Å². The largest absolute Gasteiger partial charge is 0.350 e. The molecule has 1 aromatic heterocycles. The Morgan fingerprint density at radius 1 is 1.03 bits per heavy atom. The van der Waals surface area contributed by atoms with Gasteiger partial charge >= 0.3 is 0 Å². The number of nitrogens with one attached hydrogen (secondary N) is 1. The first-order chi connectivity index (χ1) is 17.3. The van der Waals surface area contributed by atoms with Crippen LogP contribution in [0.1, 0.15) is 39.1 Å². The van der Waals surface area contributed by atoms with Crippen molar-refractivity contribution in [2.75, 3.05) is 32.8 Å². The molecule has 2 fully saturated rings. The van der Waals surface area contributed by atoms with Gasteiger partial charge in [-0.15, -0.1) is 0 Å². The molecule has 9 heteroatoms. The number of hydrogen-bond donors (Lipinski definition) is 1. The minimum Gasteiger partial charge on any atom is -0.350 e. The Labute approximate surface area is 213 Å². The number of carbonyl (C=O) groups is 3. The molecule has 0 bridgehead atoms. The molecular weight excluding hydrogens is 483 g/mol. The van der Waals surface area contributed by atoms with Crippen LogP contribution in [0.4, 0.5) is 4.39 Å². The quantitative estimate of drug-likeness (QED) is 0.420. The van der Waals surface area contributed by atoms with E-state index in [0.717, 1.165) is 24.8 Å². The summed E-state index contributed by atoms with van der Waals surface area (Å²) in [6.07, 6.45) is 4.16. The van der Waals surface area contributed by atoms with Gasteiger partial charge in [0.15, 0.2) is 0 Å². The maximum Gasteiger partial charge on any atom is 0.296 e. The van der Waals surface area contributed by atoms with E-state index in [9.17, 15) is 18.8 Å². The highest BCUT2D eigenvalue weighted by molar-refractivity contribution is 6.45. The molecule has 3 heterocycles. The van der Waals surface area contributed by atoms with Crippen LogP contribution in [0.25, 0.3) is 10.9 Å². The number of aromatic nitrogens is 1. The van der Waals surface area contributed by atoms with Gasteiger partial charge in [0.05, 0.1) is 28.3 Å². The maximum atomic E-state index is 13.4. The molecule has 188 valence electrons. The van der Waals surface area contributed by atoms with E-state index >= 15 is 0 Å². The predicted octanol–water partition coefficient (Wildman–Crippen LogP) is 3.64. The first-order valence-electron chi connectivity index (χ1n) is 12.2. The first-order valence-corrected chi connectivity index (χ1v) is 12.6.